The average Bonchev–Trinajstić information content (AvgIpc) is 3.41. The van der Waals surface area contributed by atoms with Gasteiger partial charge in [-0.3, -0.25) is 9.36 Å². The van der Waals surface area contributed by atoms with Crippen LogP contribution in [-0.2, 0) is 14.3 Å². The Labute approximate surface area is 161 Å². The van der Waals surface area contributed by atoms with Crippen LogP contribution in [0.2, 0.25) is 0 Å². The molecule has 2 aromatic heterocycles. The van der Waals surface area contributed by atoms with Gasteiger partial charge in [0.15, 0.2) is 23.9 Å². The summed E-state index contributed by atoms with van der Waals surface area (Å²) in [5, 5.41) is 21.3. The first-order chi connectivity index (χ1) is 13.5. The third kappa shape index (κ3) is 3.20. The Morgan fingerprint density at radius 3 is 2.79 bits per heavy atom. The van der Waals surface area contributed by atoms with Gasteiger partial charge in [-0.2, -0.15) is 0 Å². The number of anilines is 1. The first-order valence-electron chi connectivity index (χ1n) is 9.28. The zero-order valence-corrected chi connectivity index (χ0v) is 15.5. The van der Waals surface area contributed by atoms with Gasteiger partial charge in [0.1, 0.15) is 30.2 Å². The number of rotatable bonds is 6. The molecule has 5 atom stereocenters. The van der Waals surface area contributed by atoms with Gasteiger partial charge in [-0.05, 0) is 12.8 Å². The van der Waals surface area contributed by atoms with E-state index in [1.54, 1.807) is 7.05 Å². The summed E-state index contributed by atoms with van der Waals surface area (Å²) in [5.41, 5.74) is 6.56. The number of aliphatic hydroxyl groups is 2. The van der Waals surface area contributed by atoms with Gasteiger partial charge in [0.25, 0.3) is 0 Å². The first-order valence-corrected chi connectivity index (χ1v) is 9.28. The standard InChI is InChI=1S/C17H24N6O5/c1-22(8-24)17(27-9-4-2-3-5-9)13-11(25)12(26)16(28-13)23-7-21-10-14(18)19-6-20-15(10)23/h6-9,11-13,16-17,25-26H,2-5H2,1H3,(H2,18,19,20)/t11-,12+,13-,16+,17?/m0/s1. The summed E-state index contributed by atoms with van der Waals surface area (Å²) < 4.78 is 13.5. The number of aromatic nitrogens is 4. The number of hydrogen-bond donors (Lipinski definition) is 3. The minimum atomic E-state index is -1.27. The number of nitrogen functional groups attached to an aromatic ring is 1. The maximum absolute atomic E-state index is 11.4. The van der Waals surface area contributed by atoms with E-state index in [0.717, 1.165) is 25.7 Å². The molecule has 11 nitrogen and oxygen atoms in total. The van der Waals surface area contributed by atoms with Gasteiger partial charge in [0, 0.05) is 7.05 Å². The quantitative estimate of drug-likeness (QED) is 0.433. The molecule has 0 aromatic carbocycles. The lowest BCUT2D eigenvalue weighted by atomic mass is 10.1. The number of fused-ring (bicyclic) bond motifs is 1. The van der Waals surface area contributed by atoms with E-state index in [2.05, 4.69) is 15.0 Å². The summed E-state index contributed by atoms with van der Waals surface area (Å²) >= 11 is 0. The summed E-state index contributed by atoms with van der Waals surface area (Å²) in [7, 11) is 1.56. The Kier molecular flexibility index (Phi) is 5.15. The largest absolute Gasteiger partial charge is 0.387 e. The molecule has 0 radical (unpaired) electrons. The number of amides is 1. The molecule has 152 valence electrons. The highest BCUT2D eigenvalue weighted by Crippen LogP contribution is 2.35. The summed E-state index contributed by atoms with van der Waals surface area (Å²) in [6.45, 7) is 0. The smallest absolute Gasteiger partial charge is 0.211 e. The monoisotopic (exact) mass is 392 g/mol. The molecule has 1 aliphatic carbocycles. The van der Waals surface area contributed by atoms with E-state index in [9.17, 15) is 15.0 Å². The number of aliphatic hydroxyl groups excluding tert-OH is 2. The highest BCUT2D eigenvalue weighted by molar-refractivity contribution is 5.81. The summed E-state index contributed by atoms with van der Waals surface area (Å²) in [6, 6.07) is 0. The fourth-order valence-electron chi connectivity index (χ4n) is 3.89. The van der Waals surface area contributed by atoms with Gasteiger partial charge in [-0.1, -0.05) is 12.8 Å². The van der Waals surface area contributed by atoms with Crippen LogP contribution < -0.4 is 5.73 Å². The van der Waals surface area contributed by atoms with Crippen molar-refractivity contribution in [2.24, 2.45) is 0 Å². The second-order valence-corrected chi connectivity index (χ2v) is 7.26. The van der Waals surface area contributed by atoms with Crippen molar-refractivity contribution in [3.05, 3.63) is 12.7 Å². The zero-order chi connectivity index (χ0) is 19.8. The Balaban J connectivity index is 1.61. The predicted octanol–water partition coefficient (Wildman–Crippen LogP) is -0.599. The maximum atomic E-state index is 11.4. The van der Waals surface area contributed by atoms with E-state index in [4.69, 9.17) is 15.2 Å². The molecule has 2 fully saturated rings. The van der Waals surface area contributed by atoms with E-state index in [1.165, 1.54) is 22.1 Å². The first kappa shape index (κ1) is 19.0. The van der Waals surface area contributed by atoms with Crippen LogP contribution >= 0.6 is 0 Å². The van der Waals surface area contributed by atoms with Gasteiger partial charge in [-0.15, -0.1) is 0 Å². The third-order valence-electron chi connectivity index (χ3n) is 5.42. The van der Waals surface area contributed by atoms with E-state index >= 15 is 0 Å². The second kappa shape index (κ2) is 7.59. The van der Waals surface area contributed by atoms with Crippen molar-refractivity contribution in [2.45, 2.75) is 62.6 Å². The van der Waals surface area contributed by atoms with Crippen molar-refractivity contribution in [1.82, 2.24) is 24.4 Å². The van der Waals surface area contributed by atoms with Crippen molar-refractivity contribution in [3.63, 3.8) is 0 Å². The van der Waals surface area contributed by atoms with E-state index < -0.39 is 30.8 Å². The minimum absolute atomic E-state index is 0.0130. The fourth-order valence-corrected chi connectivity index (χ4v) is 3.89. The van der Waals surface area contributed by atoms with Crippen molar-refractivity contribution in [3.8, 4) is 0 Å². The molecule has 4 rings (SSSR count). The summed E-state index contributed by atoms with van der Waals surface area (Å²) in [4.78, 5) is 24.9. The molecule has 11 heteroatoms. The molecule has 2 aliphatic rings. The highest BCUT2D eigenvalue weighted by atomic mass is 16.6. The molecule has 2 aromatic rings. The van der Waals surface area contributed by atoms with Crippen LogP contribution in [0.15, 0.2) is 12.7 Å². The second-order valence-electron chi connectivity index (χ2n) is 7.26. The van der Waals surface area contributed by atoms with Crippen LogP contribution in [0.1, 0.15) is 31.9 Å². The Morgan fingerprint density at radius 2 is 2.07 bits per heavy atom. The Bertz CT molecular complexity index is 841. The molecule has 4 N–H and O–H groups in total. The number of nitrogens with zero attached hydrogens (tertiary/aromatic N) is 5. The number of ether oxygens (including phenoxy) is 2. The number of likely N-dealkylation sites (N-methyl/N-ethyl adjacent to an activating group) is 1. The highest BCUT2D eigenvalue weighted by Gasteiger charge is 2.49. The predicted molar refractivity (Wildman–Crippen MR) is 96.6 cm³/mol. The lowest BCUT2D eigenvalue weighted by molar-refractivity contribution is -0.180. The summed E-state index contributed by atoms with van der Waals surface area (Å²) in [6.07, 6.45) is 1.95. The fraction of sp³-hybridized carbons (Fsp3) is 0.647. The molecular formula is C17H24N6O5. The van der Waals surface area contributed by atoms with Crippen LogP contribution in [0.3, 0.4) is 0 Å². The van der Waals surface area contributed by atoms with Gasteiger partial charge in [-0.25, -0.2) is 15.0 Å². The molecule has 1 aliphatic heterocycles. The molecule has 1 unspecified atom stereocenters. The molecule has 1 saturated carbocycles. The van der Waals surface area contributed by atoms with Crippen molar-refractivity contribution < 1.29 is 24.5 Å². The average molecular weight is 392 g/mol. The topological polar surface area (TPSA) is 149 Å². The van der Waals surface area contributed by atoms with E-state index in [1.807, 2.05) is 0 Å². The summed E-state index contributed by atoms with van der Waals surface area (Å²) in [5.74, 6) is 0.205. The lowest BCUT2D eigenvalue weighted by Crippen LogP contribution is -2.49. The third-order valence-corrected chi connectivity index (χ3v) is 5.42. The number of hydrogen-bond acceptors (Lipinski definition) is 9. The molecule has 3 heterocycles. The van der Waals surface area contributed by atoms with Gasteiger partial charge >= 0.3 is 0 Å². The van der Waals surface area contributed by atoms with Crippen LogP contribution in [0, 0.1) is 0 Å². The van der Waals surface area contributed by atoms with Gasteiger partial charge < -0.3 is 30.3 Å². The maximum Gasteiger partial charge on any atom is 0.211 e. The van der Waals surface area contributed by atoms with Crippen molar-refractivity contribution >= 4 is 23.4 Å². The van der Waals surface area contributed by atoms with E-state index in [-0.39, 0.29) is 11.9 Å². The number of carbonyl (C=O) groups is 1. The Morgan fingerprint density at radius 1 is 1.32 bits per heavy atom. The number of nitrogens with two attached hydrogens (primary N) is 1. The van der Waals surface area contributed by atoms with Crippen LogP contribution in [0.4, 0.5) is 5.82 Å². The van der Waals surface area contributed by atoms with Crippen LogP contribution in [0.5, 0.6) is 0 Å². The molecule has 1 saturated heterocycles. The zero-order valence-electron chi connectivity index (χ0n) is 15.5. The molecule has 28 heavy (non-hydrogen) atoms. The van der Waals surface area contributed by atoms with Gasteiger partial charge in [0.05, 0.1) is 12.4 Å². The molecule has 1 amide bonds. The van der Waals surface area contributed by atoms with Crippen LogP contribution in [0.25, 0.3) is 11.2 Å². The normalized spacial score (nSPS) is 29.4. The Hall–Kier alpha value is -2.34. The molecular weight excluding hydrogens is 368 g/mol. The van der Waals surface area contributed by atoms with Crippen LogP contribution in [-0.4, -0.2) is 78.7 Å². The minimum Gasteiger partial charge on any atom is -0.387 e. The lowest BCUT2D eigenvalue weighted by Gasteiger charge is -2.33. The number of imidazole rings is 1. The van der Waals surface area contributed by atoms with Gasteiger partial charge in [0.2, 0.25) is 6.41 Å². The van der Waals surface area contributed by atoms with Crippen molar-refractivity contribution in [1.29, 1.82) is 0 Å². The molecule has 0 bridgehead atoms. The van der Waals surface area contributed by atoms with Crippen molar-refractivity contribution in [2.75, 3.05) is 12.8 Å². The SMILES string of the molecule is CN(C=O)C(OC1CCCC1)[C@H]1O[C@@H](n2cnc3c(N)ncnc32)[C@H](O)[C@@H]1O. The molecule has 0 spiro atoms. The number of carbonyl (C=O) groups excluding carboxylic acids is 1. The van der Waals surface area contributed by atoms with E-state index in [0.29, 0.717) is 17.6 Å².